The molecule has 0 amide bonds. The van der Waals surface area contributed by atoms with Gasteiger partial charge >= 0.3 is 5.97 Å². The first-order valence-corrected chi connectivity index (χ1v) is 4.90. The molecule has 0 radical (unpaired) electrons. The maximum Gasteiger partial charge on any atom is 0.341 e. The van der Waals surface area contributed by atoms with Crippen LogP contribution < -0.4 is 4.74 Å². The number of ether oxygens (including phenoxy) is 1. The molecular formula is C11H10N2O4. The van der Waals surface area contributed by atoms with Crippen LogP contribution in [0.1, 0.15) is 5.82 Å². The molecular weight excluding hydrogens is 224 g/mol. The van der Waals surface area contributed by atoms with Crippen LogP contribution >= 0.6 is 0 Å². The van der Waals surface area contributed by atoms with Gasteiger partial charge in [-0.1, -0.05) is 5.16 Å². The molecule has 6 nitrogen and oxygen atoms in total. The highest BCUT2D eigenvalue weighted by Gasteiger charge is 2.06. The summed E-state index contributed by atoms with van der Waals surface area (Å²) in [5, 5.41) is 12.1. The van der Waals surface area contributed by atoms with Gasteiger partial charge in [-0.2, -0.15) is 4.98 Å². The molecule has 0 aliphatic rings. The molecule has 6 heteroatoms. The molecule has 2 aromatic rings. The van der Waals surface area contributed by atoms with Gasteiger partial charge in [0, 0.05) is 5.56 Å². The third kappa shape index (κ3) is 2.81. The van der Waals surface area contributed by atoms with Crippen molar-refractivity contribution >= 4 is 5.97 Å². The highest BCUT2D eigenvalue weighted by molar-refractivity contribution is 5.68. The van der Waals surface area contributed by atoms with Crippen molar-refractivity contribution in [3.8, 4) is 17.2 Å². The number of aryl methyl sites for hydroxylation is 1. The van der Waals surface area contributed by atoms with E-state index in [0.717, 1.165) is 5.56 Å². The number of carbonyl (C=O) groups is 1. The van der Waals surface area contributed by atoms with Crippen LogP contribution in [0.2, 0.25) is 0 Å². The van der Waals surface area contributed by atoms with Gasteiger partial charge in [-0.15, -0.1) is 0 Å². The number of aliphatic carboxylic acids is 1. The average Bonchev–Trinajstić information content (AvgIpc) is 2.74. The van der Waals surface area contributed by atoms with E-state index in [-0.39, 0.29) is 6.61 Å². The third-order valence-corrected chi connectivity index (χ3v) is 1.99. The Hall–Kier alpha value is -2.37. The van der Waals surface area contributed by atoms with Gasteiger partial charge in [0.05, 0.1) is 0 Å². The van der Waals surface area contributed by atoms with Crippen molar-refractivity contribution in [3.05, 3.63) is 30.1 Å². The van der Waals surface area contributed by atoms with E-state index in [1.807, 2.05) is 0 Å². The lowest BCUT2D eigenvalue weighted by atomic mass is 10.2. The molecule has 0 atom stereocenters. The monoisotopic (exact) mass is 234 g/mol. The SMILES string of the molecule is Cc1noc(-c2ccc(OCC(=O)O)cc2)n1. The summed E-state index contributed by atoms with van der Waals surface area (Å²) >= 11 is 0. The summed E-state index contributed by atoms with van der Waals surface area (Å²) in [7, 11) is 0. The molecule has 17 heavy (non-hydrogen) atoms. The minimum atomic E-state index is -1.01. The normalized spacial score (nSPS) is 10.2. The van der Waals surface area contributed by atoms with Gasteiger partial charge in [-0.25, -0.2) is 4.79 Å². The first kappa shape index (κ1) is 11.1. The minimum Gasteiger partial charge on any atom is -0.482 e. The lowest BCUT2D eigenvalue weighted by Crippen LogP contribution is -2.09. The second-order valence-corrected chi connectivity index (χ2v) is 3.35. The molecule has 2 rings (SSSR count). The molecule has 1 aromatic heterocycles. The van der Waals surface area contributed by atoms with E-state index in [9.17, 15) is 4.79 Å². The maximum atomic E-state index is 10.3. The van der Waals surface area contributed by atoms with E-state index in [2.05, 4.69) is 10.1 Å². The molecule has 0 aliphatic carbocycles. The maximum absolute atomic E-state index is 10.3. The molecule has 0 spiro atoms. The van der Waals surface area contributed by atoms with E-state index in [1.54, 1.807) is 31.2 Å². The van der Waals surface area contributed by atoms with Crippen molar-refractivity contribution in [1.82, 2.24) is 10.1 Å². The van der Waals surface area contributed by atoms with Crippen molar-refractivity contribution in [3.63, 3.8) is 0 Å². The Kier molecular flexibility index (Phi) is 3.04. The summed E-state index contributed by atoms with van der Waals surface area (Å²) in [6.07, 6.45) is 0. The van der Waals surface area contributed by atoms with Crippen molar-refractivity contribution in [2.45, 2.75) is 6.92 Å². The van der Waals surface area contributed by atoms with Crippen LogP contribution in [0, 0.1) is 6.92 Å². The average molecular weight is 234 g/mol. The van der Waals surface area contributed by atoms with Crippen LogP contribution in [0.5, 0.6) is 5.75 Å². The fourth-order valence-electron chi connectivity index (χ4n) is 1.25. The zero-order chi connectivity index (χ0) is 12.3. The zero-order valence-electron chi connectivity index (χ0n) is 9.08. The van der Waals surface area contributed by atoms with Gasteiger partial charge < -0.3 is 14.4 Å². The van der Waals surface area contributed by atoms with Gasteiger partial charge in [0.25, 0.3) is 5.89 Å². The van der Waals surface area contributed by atoms with Crippen molar-refractivity contribution < 1.29 is 19.2 Å². The first-order chi connectivity index (χ1) is 8.15. The molecule has 0 aliphatic heterocycles. The number of hydrogen-bond acceptors (Lipinski definition) is 5. The summed E-state index contributed by atoms with van der Waals surface area (Å²) in [5.41, 5.74) is 0.758. The number of aromatic nitrogens is 2. The standard InChI is InChI=1S/C11H10N2O4/c1-7-12-11(17-13-7)8-2-4-9(5-3-8)16-6-10(14)15/h2-5H,6H2,1H3,(H,14,15). The number of benzene rings is 1. The number of carboxylic acid groups (broad SMARTS) is 1. The number of nitrogens with zero attached hydrogens (tertiary/aromatic N) is 2. The molecule has 0 unspecified atom stereocenters. The second kappa shape index (κ2) is 4.65. The van der Waals surface area contributed by atoms with Gasteiger partial charge in [0.15, 0.2) is 12.4 Å². The summed E-state index contributed by atoms with van der Waals surface area (Å²) in [6.45, 7) is 1.37. The molecule has 0 fully saturated rings. The van der Waals surface area contributed by atoms with Crippen molar-refractivity contribution in [2.24, 2.45) is 0 Å². The Morgan fingerprint density at radius 1 is 1.41 bits per heavy atom. The van der Waals surface area contributed by atoms with Gasteiger partial charge in [0.2, 0.25) is 0 Å². The van der Waals surface area contributed by atoms with Gasteiger partial charge in [-0.3, -0.25) is 0 Å². The summed E-state index contributed by atoms with van der Waals surface area (Å²) in [5.74, 6) is 0.451. The smallest absolute Gasteiger partial charge is 0.341 e. The fourth-order valence-corrected chi connectivity index (χ4v) is 1.25. The Morgan fingerprint density at radius 2 is 2.12 bits per heavy atom. The van der Waals surface area contributed by atoms with E-state index in [4.69, 9.17) is 14.4 Å². The summed E-state index contributed by atoms with van der Waals surface area (Å²) in [6, 6.07) is 6.75. The quantitative estimate of drug-likeness (QED) is 0.862. The molecule has 0 saturated carbocycles. The van der Waals surface area contributed by atoms with E-state index < -0.39 is 5.97 Å². The molecule has 1 N–H and O–H groups in total. The number of rotatable bonds is 4. The topological polar surface area (TPSA) is 85.5 Å². The Bertz CT molecular complexity index is 519. The summed E-state index contributed by atoms with van der Waals surface area (Å²) in [4.78, 5) is 14.4. The zero-order valence-corrected chi connectivity index (χ0v) is 9.08. The molecule has 1 aromatic carbocycles. The van der Waals surface area contributed by atoms with E-state index >= 15 is 0 Å². The van der Waals surface area contributed by atoms with E-state index in [1.165, 1.54) is 0 Å². The first-order valence-electron chi connectivity index (χ1n) is 4.90. The largest absolute Gasteiger partial charge is 0.482 e. The van der Waals surface area contributed by atoms with Crippen LogP contribution in [0.3, 0.4) is 0 Å². The predicted molar refractivity (Wildman–Crippen MR) is 57.6 cm³/mol. The molecule has 1 heterocycles. The van der Waals surface area contributed by atoms with Crippen molar-refractivity contribution in [1.29, 1.82) is 0 Å². The fraction of sp³-hybridized carbons (Fsp3) is 0.182. The molecule has 88 valence electrons. The highest BCUT2D eigenvalue weighted by atomic mass is 16.5. The lowest BCUT2D eigenvalue weighted by Gasteiger charge is -2.02. The number of carboxylic acids is 1. The predicted octanol–water partition coefficient (Wildman–Crippen LogP) is 1.51. The van der Waals surface area contributed by atoms with Crippen LogP contribution in [-0.2, 0) is 4.79 Å². The van der Waals surface area contributed by atoms with Crippen molar-refractivity contribution in [2.75, 3.05) is 6.61 Å². The summed E-state index contributed by atoms with van der Waals surface area (Å²) < 4.78 is 9.99. The van der Waals surface area contributed by atoms with Crippen LogP contribution in [-0.4, -0.2) is 27.8 Å². The molecule has 0 saturated heterocycles. The third-order valence-electron chi connectivity index (χ3n) is 1.99. The van der Waals surface area contributed by atoms with E-state index in [0.29, 0.717) is 17.5 Å². The van der Waals surface area contributed by atoms with Crippen LogP contribution in [0.15, 0.2) is 28.8 Å². The van der Waals surface area contributed by atoms with Crippen LogP contribution in [0.25, 0.3) is 11.5 Å². The molecule has 0 bridgehead atoms. The second-order valence-electron chi connectivity index (χ2n) is 3.35. The number of hydrogen-bond donors (Lipinski definition) is 1. The van der Waals surface area contributed by atoms with Gasteiger partial charge in [-0.05, 0) is 31.2 Å². The Labute approximate surface area is 96.8 Å². The Balaban J connectivity index is 2.10. The van der Waals surface area contributed by atoms with Crippen LogP contribution in [0.4, 0.5) is 0 Å². The Morgan fingerprint density at radius 3 is 2.65 bits per heavy atom. The minimum absolute atomic E-state index is 0.362. The lowest BCUT2D eigenvalue weighted by molar-refractivity contribution is -0.139. The van der Waals surface area contributed by atoms with Gasteiger partial charge in [0.1, 0.15) is 5.75 Å². The highest BCUT2D eigenvalue weighted by Crippen LogP contribution is 2.20.